The standard InChI is InChI=1S/C20H21NO4/c22-18(11-6-14-25-16-8-2-1-3-9-16)21-13-12-15-7-4-5-10-17(15)19(21)20(23)24/h1-5,7-10,19H,6,11-14H2,(H,23,24). The molecule has 2 aromatic carbocycles. The van der Waals surface area contributed by atoms with Crippen molar-refractivity contribution in [3.05, 3.63) is 65.7 Å². The Bertz CT molecular complexity index is 744. The van der Waals surface area contributed by atoms with Crippen LogP contribution < -0.4 is 4.74 Å². The van der Waals surface area contributed by atoms with Gasteiger partial charge in [0.2, 0.25) is 5.91 Å². The van der Waals surface area contributed by atoms with Gasteiger partial charge < -0.3 is 14.7 Å². The third kappa shape index (κ3) is 3.99. The number of rotatable bonds is 6. The molecule has 1 aliphatic heterocycles. The van der Waals surface area contributed by atoms with Crippen LogP contribution in [0.15, 0.2) is 54.6 Å². The van der Waals surface area contributed by atoms with Gasteiger partial charge in [0, 0.05) is 13.0 Å². The average Bonchev–Trinajstić information content (AvgIpc) is 2.64. The van der Waals surface area contributed by atoms with Crippen LogP contribution in [0.4, 0.5) is 0 Å². The van der Waals surface area contributed by atoms with Gasteiger partial charge in [-0.2, -0.15) is 0 Å². The van der Waals surface area contributed by atoms with E-state index in [1.807, 2.05) is 48.5 Å². The number of carboxylic acids is 1. The van der Waals surface area contributed by atoms with Crippen molar-refractivity contribution in [1.29, 1.82) is 0 Å². The van der Waals surface area contributed by atoms with Crippen molar-refractivity contribution in [2.24, 2.45) is 0 Å². The molecule has 1 N–H and O–H groups in total. The lowest BCUT2D eigenvalue weighted by atomic mass is 9.92. The molecule has 1 heterocycles. The molecule has 0 radical (unpaired) electrons. The summed E-state index contributed by atoms with van der Waals surface area (Å²) in [5, 5.41) is 9.61. The summed E-state index contributed by atoms with van der Waals surface area (Å²) in [6.07, 6.45) is 1.52. The Morgan fingerprint density at radius 2 is 1.80 bits per heavy atom. The zero-order valence-electron chi connectivity index (χ0n) is 13.9. The van der Waals surface area contributed by atoms with Gasteiger partial charge in [0.05, 0.1) is 6.61 Å². The van der Waals surface area contributed by atoms with Crippen LogP contribution in [0.25, 0.3) is 0 Å². The molecule has 0 spiro atoms. The van der Waals surface area contributed by atoms with Gasteiger partial charge >= 0.3 is 5.97 Å². The van der Waals surface area contributed by atoms with Crippen molar-refractivity contribution in [3.8, 4) is 5.75 Å². The smallest absolute Gasteiger partial charge is 0.331 e. The Labute approximate surface area is 146 Å². The number of carbonyl (C=O) groups is 2. The minimum Gasteiger partial charge on any atom is -0.494 e. The molecular weight excluding hydrogens is 318 g/mol. The van der Waals surface area contributed by atoms with Gasteiger partial charge in [0.25, 0.3) is 0 Å². The summed E-state index contributed by atoms with van der Waals surface area (Å²) in [5.41, 5.74) is 1.72. The molecule has 0 aliphatic carbocycles. The van der Waals surface area contributed by atoms with Crippen LogP contribution in [0.2, 0.25) is 0 Å². The van der Waals surface area contributed by atoms with Crippen LogP contribution in [0.1, 0.15) is 30.0 Å². The Morgan fingerprint density at radius 1 is 1.08 bits per heavy atom. The number of hydrogen-bond acceptors (Lipinski definition) is 3. The molecule has 1 aliphatic rings. The van der Waals surface area contributed by atoms with E-state index in [1.54, 1.807) is 6.07 Å². The number of aliphatic carboxylic acids is 1. The lowest BCUT2D eigenvalue weighted by Crippen LogP contribution is -2.43. The van der Waals surface area contributed by atoms with E-state index >= 15 is 0 Å². The molecule has 0 saturated carbocycles. The molecule has 5 nitrogen and oxygen atoms in total. The summed E-state index contributed by atoms with van der Waals surface area (Å²) in [7, 11) is 0. The lowest BCUT2D eigenvalue weighted by molar-refractivity contribution is -0.151. The molecule has 25 heavy (non-hydrogen) atoms. The maximum Gasteiger partial charge on any atom is 0.331 e. The second-order valence-corrected chi connectivity index (χ2v) is 6.04. The predicted octanol–water partition coefficient (Wildman–Crippen LogP) is 3.06. The zero-order valence-corrected chi connectivity index (χ0v) is 13.9. The van der Waals surface area contributed by atoms with Crippen molar-refractivity contribution in [1.82, 2.24) is 4.90 Å². The molecular formula is C20H21NO4. The molecule has 0 bridgehead atoms. The van der Waals surface area contributed by atoms with Gasteiger partial charge in [-0.3, -0.25) is 4.79 Å². The number of amides is 1. The maximum absolute atomic E-state index is 12.5. The molecule has 3 rings (SSSR count). The van der Waals surface area contributed by atoms with Gasteiger partial charge in [-0.05, 0) is 36.1 Å². The Balaban J connectivity index is 1.59. The number of carboxylic acid groups (broad SMARTS) is 1. The second kappa shape index (κ2) is 7.83. The Morgan fingerprint density at radius 3 is 2.56 bits per heavy atom. The fourth-order valence-electron chi connectivity index (χ4n) is 3.18. The summed E-state index contributed by atoms with van der Waals surface area (Å²) >= 11 is 0. The number of hydrogen-bond donors (Lipinski definition) is 1. The zero-order chi connectivity index (χ0) is 17.6. The maximum atomic E-state index is 12.5. The van der Waals surface area contributed by atoms with Crippen molar-refractivity contribution < 1.29 is 19.4 Å². The van der Waals surface area contributed by atoms with Gasteiger partial charge in [-0.1, -0.05) is 42.5 Å². The third-order valence-corrected chi connectivity index (χ3v) is 4.38. The molecule has 1 unspecified atom stereocenters. The van der Waals surface area contributed by atoms with E-state index in [0.29, 0.717) is 26.0 Å². The SMILES string of the molecule is O=C(O)C1c2ccccc2CCN1C(=O)CCCOc1ccccc1. The number of benzene rings is 2. The number of carbonyl (C=O) groups excluding carboxylic acids is 1. The first-order valence-electron chi connectivity index (χ1n) is 8.45. The minimum absolute atomic E-state index is 0.140. The third-order valence-electron chi connectivity index (χ3n) is 4.38. The van der Waals surface area contributed by atoms with Crippen LogP contribution in [0.5, 0.6) is 5.75 Å². The lowest BCUT2D eigenvalue weighted by Gasteiger charge is -2.34. The van der Waals surface area contributed by atoms with E-state index in [2.05, 4.69) is 0 Å². The van der Waals surface area contributed by atoms with Crippen molar-refractivity contribution in [2.75, 3.05) is 13.2 Å². The number of nitrogens with zero attached hydrogens (tertiary/aromatic N) is 1. The fourth-order valence-corrected chi connectivity index (χ4v) is 3.18. The number of para-hydroxylation sites is 1. The first-order chi connectivity index (χ1) is 12.2. The van der Waals surface area contributed by atoms with Crippen LogP contribution in [-0.4, -0.2) is 35.0 Å². The van der Waals surface area contributed by atoms with Gasteiger partial charge in [0.15, 0.2) is 6.04 Å². The molecule has 1 amide bonds. The van der Waals surface area contributed by atoms with Crippen LogP contribution in [-0.2, 0) is 16.0 Å². The van der Waals surface area contributed by atoms with Crippen molar-refractivity contribution in [2.45, 2.75) is 25.3 Å². The van der Waals surface area contributed by atoms with E-state index in [-0.39, 0.29) is 12.3 Å². The first kappa shape index (κ1) is 17.0. The number of fused-ring (bicyclic) bond motifs is 1. The van der Waals surface area contributed by atoms with E-state index in [4.69, 9.17) is 4.74 Å². The highest BCUT2D eigenvalue weighted by molar-refractivity contribution is 5.85. The molecule has 0 aromatic heterocycles. The predicted molar refractivity (Wildman–Crippen MR) is 93.4 cm³/mol. The topological polar surface area (TPSA) is 66.8 Å². The summed E-state index contributed by atoms with van der Waals surface area (Å²) in [5.74, 6) is -0.357. The highest BCUT2D eigenvalue weighted by Crippen LogP contribution is 2.30. The van der Waals surface area contributed by atoms with Crippen LogP contribution in [0, 0.1) is 0 Å². The first-order valence-corrected chi connectivity index (χ1v) is 8.45. The van der Waals surface area contributed by atoms with E-state index in [9.17, 15) is 14.7 Å². The molecule has 0 saturated heterocycles. The molecule has 0 fully saturated rings. The summed E-state index contributed by atoms with van der Waals surface area (Å²) in [6, 6.07) is 16.0. The van der Waals surface area contributed by atoms with Crippen LogP contribution >= 0.6 is 0 Å². The largest absolute Gasteiger partial charge is 0.494 e. The van der Waals surface area contributed by atoms with E-state index < -0.39 is 12.0 Å². The monoisotopic (exact) mass is 339 g/mol. The highest BCUT2D eigenvalue weighted by Gasteiger charge is 2.35. The highest BCUT2D eigenvalue weighted by atomic mass is 16.5. The molecule has 130 valence electrons. The Kier molecular flexibility index (Phi) is 5.33. The van der Waals surface area contributed by atoms with Crippen LogP contribution in [0.3, 0.4) is 0 Å². The summed E-state index contributed by atoms with van der Waals surface area (Å²) in [4.78, 5) is 25.7. The summed E-state index contributed by atoms with van der Waals surface area (Å²) in [6.45, 7) is 0.865. The summed E-state index contributed by atoms with van der Waals surface area (Å²) < 4.78 is 5.59. The second-order valence-electron chi connectivity index (χ2n) is 6.04. The minimum atomic E-state index is -0.985. The van der Waals surface area contributed by atoms with E-state index in [0.717, 1.165) is 16.9 Å². The van der Waals surface area contributed by atoms with Gasteiger partial charge in [0.1, 0.15) is 5.75 Å². The van der Waals surface area contributed by atoms with Crippen molar-refractivity contribution >= 4 is 11.9 Å². The normalized spacial score (nSPS) is 16.2. The number of ether oxygens (including phenoxy) is 1. The van der Waals surface area contributed by atoms with Gasteiger partial charge in [-0.25, -0.2) is 4.79 Å². The average molecular weight is 339 g/mol. The molecule has 2 aromatic rings. The fraction of sp³-hybridized carbons (Fsp3) is 0.300. The molecule has 1 atom stereocenters. The molecule has 5 heteroatoms. The van der Waals surface area contributed by atoms with E-state index in [1.165, 1.54) is 4.90 Å². The quantitative estimate of drug-likeness (QED) is 0.822. The van der Waals surface area contributed by atoms with Gasteiger partial charge in [-0.15, -0.1) is 0 Å². The van der Waals surface area contributed by atoms with Crippen molar-refractivity contribution in [3.63, 3.8) is 0 Å². The Hall–Kier alpha value is -2.82.